The number of ether oxygens (including phenoxy) is 4. The van der Waals surface area contributed by atoms with Gasteiger partial charge in [-0.15, -0.1) is 0 Å². The summed E-state index contributed by atoms with van der Waals surface area (Å²) in [4.78, 5) is 33.4. The van der Waals surface area contributed by atoms with Gasteiger partial charge < -0.3 is 18.9 Å². The molecule has 11 heteroatoms. The van der Waals surface area contributed by atoms with Crippen LogP contribution in [0.1, 0.15) is 35.2 Å². The maximum atomic E-state index is 14.3. The molecule has 0 spiro atoms. The maximum Gasteiger partial charge on any atom is 0.338 e. The van der Waals surface area contributed by atoms with Gasteiger partial charge in [-0.05, 0) is 88.7 Å². The van der Waals surface area contributed by atoms with Crippen LogP contribution in [-0.2, 0) is 16.1 Å². The molecule has 0 unspecified atom stereocenters. The molecule has 8 nitrogen and oxygen atoms in total. The third kappa shape index (κ3) is 6.92. The molecule has 0 N–H and O–H groups in total. The Kier molecular flexibility index (Phi) is 10.3. The molecule has 48 heavy (non-hydrogen) atoms. The molecule has 0 fully saturated rings. The van der Waals surface area contributed by atoms with Crippen molar-refractivity contribution in [1.29, 1.82) is 0 Å². The zero-order chi connectivity index (χ0) is 33.8. The number of thiazole rings is 1. The fraction of sp³-hybridized carbons (Fsp3) is 0.162. The molecule has 5 aromatic rings. The van der Waals surface area contributed by atoms with Gasteiger partial charge in [0.1, 0.15) is 12.4 Å². The fourth-order valence-corrected chi connectivity index (χ4v) is 7.30. The normalized spacial score (nSPS) is 14.3. The van der Waals surface area contributed by atoms with Crippen molar-refractivity contribution >= 4 is 63.3 Å². The Hall–Kier alpha value is -4.39. The van der Waals surface area contributed by atoms with Crippen LogP contribution in [0.3, 0.4) is 0 Å². The molecular weight excluding hydrogens is 763 g/mol. The van der Waals surface area contributed by atoms with E-state index >= 15 is 0 Å². The average Bonchev–Trinajstić information content (AvgIpc) is 3.41. The number of carbonyl (C=O) groups excluding carboxylic acids is 1. The Morgan fingerprint density at radius 2 is 1.73 bits per heavy atom. The largest absolute Gasteiger partial charge is 0.497 e. The van der Waals surface area contributed by atoms with Crippen molar-refractivity contribution in [3.05, 3.63) is 147 Å². The predicted octanol–water partition coefficient (Wildman–Crippen LogP) is 6.79. The number of carbonyl (C=O) groups is 1. The number of nitrogens with zero attached hydrogens (tertiary/aromatic N) is 2. The van der Waals surface area contributed by atoms with E-state index in [9.17, 15) is 9.59 Å². The smallest absolute Gasteiger partial charge is 0.338 e. The second-order valence-corrected chi connectivity index (χ2v) is 13.3. The van der Waals surface area contributed by atoms with Gasteiger partial charge in [0.05, 0.1) is 46.2 Å². The highest BCUT2D eigenvalue weighted by Crippen LogP contribution is 2.37. The van der Waals surface area contributed by atoms with Crippen LogP contribution in [0, 0.1) is 3.57 Å². The summed E-state index contributed by atoms with van der Waals surface area (Å²) in [6.07, 6.45) is 1.80. The predicted molar refractivity (Wildman–Crippen MR) is 196 cm³/mol. The van der Waals surface area contributed by atoms with Gasteiger partial charge in [-0.1, -0.05) is 77.5 Å². The molecule has 0 radical (unpaired) electrons. The zero-order valence-electron chi connectivity index (χ0n) is 26.2. The van der Waals surface area contributed by atoms with Crippen molar-refractivity contribution in [2.75, 3.05) is 20.8 Å². The summed E-state index contributed by atoms with van der Waals surface area (Å²) in [5.74, 6) is 1.24. The molecule has 0 bridgehead atoms. The molecule has 0 saturated carbocycles. The van der Waals surface area contributed by atoms with E-state index in [2.05, 4.69) is 22.6 Å². The summed E-state index contributed by atoms with van der Waals surface area (Å²) in [5.41, 5.74) is 3.62. The molecule has 4 aromatic carbocycles. The first kappa shape index (κ1) is 33.5. The number of benzene rings is 4. The number of methoxy groups -OCH3 is 2. The Bertz CT molecular complexity index is 2180. The first-order chi connectivity index (χ1) is 23.3. The lowest BCUT2D eigenvalue weighted by molar-refractivity contribution is -0.138. The number of hydrogen-bond acceptors (Lipinski definition) is 8. The quantitative estimate of drug-likeness (QED) is 0.114. The second-order valence-electron chi connectivity index (χ2n) is 10.7. The standard InChI is InChI=1S/C37H30ClIN2O6S/c1-4-46-36(43)31-32(24-8-6-5-7-9-24)40-37-41(33(31)25-12-16-27(44-2)17-13-25)35(42)30(48-37)20-23-18-28(39)34(29(19-23)45-3)47-21-22-10-14-26(38)15-11-22/h5-20,33H,4,21H2,1-3H3/b30-20-/t33-/m1/s1. The summed E-state index contributed by atoms with van der Waals surface area (Å²) >= 11 is 9.48. The topological polar surface area (TPSA) is 88.4 Å². The van der Waals surface area contributed by atoms with Gasteiger partial charge in [0.2, 0.25) is 0 Å². The summed E-state index contributed by atoms with van der Waals surface area (Å²) in [7, 11) is 3.17. The Labute approximate surface area is 299 Å². The summed E-state index contributed by atoms with van der Waals surface area (Å²) in [6, 6.07) is 27.2. The van der Waals surface area contributed by atoms with Crippen LogP contribution in [0.15, 0.2) is 106 Å². The van der Waals surface area contributed by atoms with E-state index in [-0.39, 0.29) is 17.7 Å². The lowest BCUT2D eigenvalue weighted by Crippen LogP contribution is -2.40. The van der Waals surface area contributed by atoms with Gasteiger partial charge >= 0.3 is 5.97 Å². The number of esters is 1. The SMILES string of the molecule is CCOC(=O)C1=C(c2ccccc2)N=c2s/c(=C\c3cc(I)c(OCc4ccc(Cl)cc4)c(OC)c3)c(=O)n2[C@@H]1c1ccc(OC)cc1. The lowest BCUT2D eigenvalue weighted by atomic mass is 9.93. The van der Waals surface area contributed by atoms with Crippen molar-refractivity contribution in [3.63, 3.8) is 0 Å². The minimum atomic E-state index is -0.790. The second kappa shape index (κ2) is 14.8. The van der Waals surface area contributed by atoms with Crippen molar-refractivity contribution in [3.8, 4) is 17.2 Å². The van der Waals surface area contributed by atoms with E-state index in [0.717, 1.165) is 20.3 Å². The van der Waals surface area contributed by atoms with E-state index in [4.69, 9.17) is 35.5 Å². The molecule has 1 aromatic heterocycles. The number of hydrogen-bond donors (Lipinski definition) is 0. The van der Waals surface area contributed by atoms with Crippen molar-refractivity contribution < 1.29 is 23.7 Å². The van der Waals surface area contributed by atoms with Gasteiger partial charge in [-0.3, -0.25) is 9.36 Å². The molecular formula is C37H30ClIN2O6S. The Morgan fingerprint density at radius 1 is 1.00 bits per heavy atom. The number of fused-ring (bicyclic) bond motifs is 1. The molecule has 1 aliphatic heterocycles. The Morgan fingerprint density at radius 3 is 2.40 bits per heavy atom. The molecule has 1 aliphatic rings. The van der Waals surface area contributed by atoms with Crippen LogP contribution in [0.4, 0.5) is 0 Å². The minimum absolute atomic E-state index is 0.171. The Balaban J connectivity index is 1.49. The van der Waals surface area contributed by atoms with Crippen LogP contribution in [0.5, 0.6) is 17.2 Å². The van der Waals surface area contributed by atoms with Gasteiger partial charge in [-0.25, -0.2) is 9.79 Å². The fourth-order valence-electron chi connectivity index (χ4n) is 5.39. The van der Waals surface area contributed by atoms with Crippen molar-refractivity contribution in [2.45, 2.75) is 19.6 Å². The average molecular weight is 793 g/mol. The maximum absolute atomic E-state index is 14.3. The third-order valence-corrected chi connectivity index (χ3v) is 9.69. The van der Waals surface area contributed by atoms with Crippen LogP contribution in [-0.4, -0.2) is 31.4 Å². The van der Waals surface area contributed by atoms with Gasteiger partial charge in [-0.2, -0.15) is 0 Å². The van der Waals surface area contributed by atoms with E-state index in [1.54, 1.807) is 43.9 Å². The van der Waals surface area contributed by atoms with Gasteiger partial charge in [0.25, 0.3) is 5.56 Å². The zero-order valence-corrected chi connectivity index (χ0v) is 30.0. The van der Waals surface area contributed by atoms with E-state index in [1.807, 2.05) is 78.9 Å². The first-order valence-corrected chi connectivity index (χ1v) is 17.3. The van der Waals surface area contributed by atoms with Gasteiger partial charge in [0, 0.05) is 10.6 Å². The van der Waals surface area contributed by atoms with Crippen LogP contribution >= 0.6 is 45.5 Å². The van der Waals surface area contributed by atoms with Crippen molar-refractivity contribution in [2.24, 2.45) is 4.99 Å². The minimum Gasteiger partial charge on any atom is -0.497 e. The van der Waals surface area contributed by atoms with Crippen LogP contribution < -0.4 is 29.1 Å². The summed E-state index contributed by atoms with van der Waals surface area (Å²) in [5, 5.41) is 0.657. The molecule has 2 heterocycles. The van der Waals surface area contributed by atoms with Crippen LogP contribution in [0.25, 0.3) is 11.8 Å². The molecule has 0 amide bonds. The molecule has 0 aliphatic carbocycles. The van der Waals surface area contributed by atoms with Crippen molar-refractivity contribution in [1.82, 2.24) is 4.57 Å². The van der Waals surface area contributed by atoms with E-state index < -0.39 is 12.0 Å². The highest BCUT2D eigenvalue weighted by Gasteiger charge is 2.35. The molecule has 244 valence electrons. The highest BCUT2D eigenvalue weighted by atomic mass is 127. The van der Waals surface area contributed by atoms with Crippen LogP contribution in [0.2, 0.25) is 5.02 Å². The first-order valence-electron chi connectivity index (χ1n) is 15.0. The molecule has 6 rings (SSSR count). The van der Waals surface area contributed by atoms with Gasteiger partial charge in [0.15, 0.2) is 16.3 Å². The van der Waals surface area contributed by atoms with E-state index in [0.29, 0.717) is 49.5 Å². The highest BCUT2D eigenvalue weighted by molar-refractivity contribution is 14.1. The number of halogens is 2. The summed E-state index contributed by atoms with van der Waals surface area (Å²) in [6.45, 7) is 2.26. The molecule has 1 atom stereocenters. The molecule has 0 saturated heterocycles. The van der Waals surface area contributed by atoms with E-state index in [1.165, 1.54) is 11.3 Å². The third-order valence-electron chi connectivity index (χ3n) is 7.65. The summed E-state index contributed by atoms with van der Waals surface area (Å²) < 4.78 is 25.6. The number of rotatable bonds is 10. The monoisotopic (exact) mass is 792 g/mol. The number of aromatic nitrogens is 1. The lowest BCUT2D eigenvalue weighted by Gasteiger charge is -2.26.